The van der Waals surface area contributed by atoms with Crippen LogP contribution in [0.4, 0.5) is 0 Å². The van der Waals surface area contributed by atoms with Crippen molar-refractivity contribution in [1.29, 1.82) is 0 Å². The van der Waals surface area contributed by atoms with Gasteiger partial charge in [-0.05, 0) is 29.8 Å². The number of halogens is 3. The highest BCUT2D eigenvalue weighted by Crippen LogP contribution is 2.20. The maximum atomic E-state index is 6.14. The van der Waals surface area contributed by atoms with E-state index in [4.69, 9.17) is 23.2 Å². The molecule has 120 valence electrons. The Bertz CT molecular complexity index is 600. The Labute approximate surface area is 157 Å². The zero-order valence-corrected chi connectivity index (χ0v) is 16.1. The molecule has 7 heteroatoms. The summed E-state index contributed by atoms with van der Waals surface area (Å²) in [7, 11) is 1.74. The first kappa shape index (κ1) is 19.1. The smallest absolute Gasteiger partial charge is 0.191 e. The normalized spacial score (nSPS) is 11.0. The maximum Gasteiger partial charge on any atom is 0.191 e. The summed E-state index contributed by atoms with van der Waals surface area (Å²) in [6.07, 6.45) is 4.07. The number of rotatable bonds is 5. The molecule has 0 saturated heterocycles. The van der Waals surface area contributed by atoms with E-state index in [0.717, 1.165) is 24.6 Å². The lowest BCUT2D eigenvalue weighted by Crippen LogP contribution is -2.38. The molecule has 1 heterocycles. The van der Waals surface area contributed by atoms with Gasteiger partial charge in [0.2, 0.25) is 0 Å². The summed E-state index contributed by atoms with van der Waals surface area (Å²) >= 11 is 12.0. The van der Waals surface area contributed by atoms with Gasteiger partial charge in [-0.25, -0.2) is 0 Å². The van der Waals surface area contributed by atoms with Gasteiger partial charge in [-0.3, -0.25) is 4.99 Å². The van der Waals surface area contributed by atoms with Gasteiger partial charge in [-0.1, -0.05) is 29.3 Å². The number of hydrogen-bond donors (Lipinski definition) is 2. The number of nitrogens with zero attached hydrogens (tertiary/aromatic N) is 2. The molecule has 0 saturated carbocycles. The van der Waals surface area contributed by atoms with Crippen LogP contribution in [0.15, 0.2) is 47.7 Å². The molecule has 2 rings (SSSR count). The van der Waals surface area contributed by atoms with Gasteiger partial charge in [0, 0.05) is 49.1 Å². The molecular formula is C15H19Cl2IN4. The SMILES string of the molecule is CN=C(NCCn1cccc1)NCc1ccc(Cl)cc1Cl.I. The molecule has 22 heavy (non-hydrogen) atoms. The number of aliphatic imine (C=N–C) groups is 1. The first-order chi connectivity index (χ1) is 10.2. The van der Waals surface area contributed by atoms with Crippen molar-refractivity contribution in [3.05, 3.63) is 58.3 Å². The van der Waals surface area contributed by atoms with E-state index in [1.165, 1.54) is 0 Å². The summed E-state index contributed by atoms with van der Waals surface area (Å²) in [4.78, 5) is 4.19. The molecule has 2 N–H and O–H groups in total. The predicted octanol–water partition coefficient (Wildman–Crippen LogP) is 3.78. The number of aromatic nitrogens is 1. The van der Waals surface area contributed by atoms with E-state index in [2.05, 4.69) is 20.2 Å². The highest BCUT2D eigenvalue weighted by Gasteiger charge is 2.03. The van der Waals surface area contributed by atoms with Gasteiger partial charge < -0.3 is 15.2 Å². The molecule has 0 unspecified atom stereocenters. The van der Waals surface area contributed by atoms with Gasteiger partial charge >= 0.3 is 0 Å². The predicted molar refractivity (Wildman–Crippen MR) is 105 cm³/mol. The van der Waals surface area contributed by atoms with Crippen LogP contribution in [0.5, 0.6) is 0 Å². The van der Waals surface area contributed by atoms with E-state index in [-0.39, 0.29) is 24.0 Å². The van der Waals surface area contributed by atoms with E-state index in [0.29, 0.717) is 16.6 Å². The van der Waals surface area contributed by atoms with Crippen molar-refractivity contribution in [3.63, 3.8) is 0 Å². The lowest BCUT2D eigenvalue weighted by Gasteiger charge is -2.13. The average molecular weight is 453 g/mol. The van der Waals surface area contributed by atoms with Gasteiger partial charge in [-0.2, -0.15) is 0 Å². The highest BCUT2D eigenvalue weighted by atomic mass is 127. The standard InChI is InChI=1S/C15H18Cl2N4.HI/c1-18-15(19-6-9-21-7-2-3-8-21)20-11-12-4-5-13(16)10-14(12)17;/h2-5,7-8,10H,6,9,11H2,1H3,(H2,18,19,20);1H. The molecule has 0 spiro atoms. The molecule has 0 aliphatic heterocycles. The minimum absolute atomic E-state index is 0. The van der Waals surface area contributed by atoms with Gasteiger partial charge in [0.15, 0.2) is 5.96 Å². The van der Waals surface area contributed by atoms with Crippen LogP contribution < -0.4 is 10.6 Å². The topological polar surface area (TPSA) is 41.4 Å². The van der Waals surface area contributed by atoms with Crippen LogP contribution in [0, 0.1) is 0 Å². The van der Waals surface area contributed by atoms with Gasteiger partial charge in [-0.15, -0.1) is 24.0 Å². The maximum absolute atomic E-state index is 6.14. The van der Waals surface area contributed by atoms with Crippen LogP contribution in [-0.4, -0.2) is 24.1 Å². The van der Waals surface area contributed by atoms with Crippen LogP contribution in [0.3, 0.4) is 0 Å². The fourth-order valence-corrected chi connectivity index (χ4v) is 2.36. The van der Waals surface area contributed by atoms with E-state index < -0.39 is 0 Å². The molecule has 0 radical (unpaired) electrons. The zero-order valence-electron chi connectivity index (χ0n) is 12.2. The molecule has 0 fully saturated rings. The number of benzene rings is 1. The third-order valence-electron chi connectivity index (χ3n) is 3.01. The molecule has 2 aromatic rings. The van der Waals surface area contributed by atoms with Crippen molar-refractivity contribution >= 4 is 53.1 Å². The lowest BCUT2D eigenvalue weighted by molar-refractivity contribution is 0.665. The van der Waals surface area contributed by atoms with Crippen LogP contribution >= 0.6 is 47.2 Å². The minimum Gasteiger partial charge on any atom is -0.355 e. The summed E-state index contributed by atoms with van der Waals surface area (Å²) < 4.78 is 2.11. The average Bonchev–Trinajstić information content (AvgIpc) is 2.97. The fraction of sp³-hybridized carbons (Fsp3) is 0.267. The van der Waals surface area contributed by atoms with E-state index >= 15 is 0 Å². The largest absolute Gasteiger partial charge is 0.355 e. The van der Waals surface area contributed by atoms with Gasteiger partial charge in [0.1, 0.15) is 0 Å². The van der Waals surface area contributed by atoms with Crippen molar-refractivity contribution in [2.45, 2.75) is 13.1 Å². The second-order valence-electron chi connectivity index (χ2n) is 4.51. The Morgan fingerprint density at radius 1 is 1.18 bits per heavy atom. The molecule has 0 aliphatic rings. The second-order valence-corrected chi connectivity index (χ2v) is 5.35. The Morgan fingerprint density at radius 3 is 2.55 bits per heavy atom. The second kappa shape index (κ2) is 9.97. The van der Waals surface area contributed by atoms with Crippen molar-refractivity contribution in [3.8, 4) is 0 Å². The Balaban J connectivity index is 0.00000242. The molecular weight excluding hydrogens is 434 g/mol. The molecule has 4 nitrogen and oxygen atoms in total. The van der Waals surface area contributed by atoms with Gasteiger partial charge in [0.05, 0.1) is 0 Å². The number of guanidine groups is 1. The molecule has 0 atom stereocenters. The van der Waals surface area contributed by atoms with Crippen LogP contribution in [0.2, 0.25) is 10.0 Å². The Hall–Kier alpha value is -0.920. The third-order valence-corrected chi connectivity index (χ3v) is 3.60. The summed E-state index contributed by atoms with van der Waals surface area (Å²) in [6.45, 7) is 2.28. The Kier molecular flexibility index (Phi) is 8.67. The fourth-order valence-electron chi connectivity index (χ4n) is 1.89. The van der Waals surface area contributed by atoms with Crippen LogP contribution in [0.25, 0.3) is 0 Å². The van der Waals surface area contributed by atoms with Crippen molar-refractivity contribution in [1.82, 2.24) is 15.2 Å². The van der Waals surface area contributed by atoms with Crippen molar-refractivity contribution < 1.29 is 0 Å². The summed E-state index contributed by atoms with van der Waals surface area (Å²) in [6, 6.07) is 9.49. The molecule has 0 amide bonds. The zero-order chi connectivity index (χ0) is 15.1. The molecule has 0 bridgehead atoms. The van der Waals surface area contributed by atoms with Crippen molar-refractivity contribution in [2.24, 2.45) is 4.99 Å². The van der Waals surface area contributed by atoms with Crippen LogP contribution in [-0.2, 0) is 13.1 Å². The summed E-state index contributed by atoms with van der Waals surface area (Å²) in [5, 5.41) is 7.77. The monoisotopic (exact) mass is 452 g/mol. The van der Waals surface area contributed by atoms with E-state index in [1.807, 2.05) is 36.7 Å². The number of nitrogens with one attached hydrogen (secondary N) is 2. The highest BCUT2D eigenvalue weighted by molar-refractivity contribution is 14.0. The lowest BCUT2D eigenvalue weighted by atomic mass is 10.2. The first-order valence-electron chi connectivity index (χ1n) is 6.68. The first-order valence-corrected chi connectivity index (χ1v) is 7.44. The number of hydrogen-bond acceptors (Lipinski definition) is 1. The summed E-state index contributed by atoms with van der Waals surface area (Å²) in [5.74, 6) is 0.744. The Morgan fingerprint density at radius 2 is 1.91 bits per heavy atom. The molecule has 0 aliphatic carbocycles. The van der Waals surface area contributed by atoms with Gasteiger partial charge in [0.25, 0.3) is 0 Å². The third kappa shape index (κ3) is 6.06. The summed E-state index contributed by atoms with van der Waals surface area (Å²) in [5.41, 5.74) is 0.981. The molecule has 1 aromatic carbocycles. The van der Waals surface area contributed by atoms with Crippen molar-refractivity contribution in [2.75, 3.05) is 13.6 Å². The quantitative estimate of drug-likeness (QED) is 0.411. The van der Waals surface area contributed by atoms with E-state index in [1.54, 1.807) is 13.1 Å². The van der Waals surface area contributed by atoms with Crippen LogP contribution in [0.1, 0.15) is 5.56 Å². The van der Waals surface area contributed by atoms with E-state index in [9.17, 15) is 0 Å². The minimum atomic E-state index is 0. The molecule has 1 aromatic heterocycles.